The van der Waals surface area contributed by atoms with Gasteiger partial charge in [0, 0.05) is 12.1 Å². The monoisotopic (exact) mass is 340 g/mol. The fraction of sp³-hybridized carbons (Fsp3) is 0.118. The van der Waals surface area contributed by atoms with Gasteiger partial charge >= 0.3 is 5.97 Å². The molecule has 0 aromatic heterocycles. The summed E-state index contributed by atoms with van der Waals surface area (Å²) in [5, 5.41) is 10.6. The van der Waals surface area contributed by atoms with Crippen molar-refractivity contribution < 1.29 is 24.0 Å². The topological polar surface area (TPSA) is 107 Å². The number of nitro benzene ring substituents is 1. The van der Waals surface area contributed by atoms with Gasteiger partial charge in [0.15, 0.2) is 0 Å². The Bertz CT molecular complexity index is 855. The van der Waals surface area contributed by atoms with Gasteiger partial charge in [-0.25, -0.2) is 4.79 Å². The zero-order valence-corrected chi connectivity index (χ0v) is 13.0. The number of hydrogen-bond donors (Lipinski definition) is 0. The van der Waals surface area contributed by atoms with E-state index in [1.807, 2.05) is 0 Å². The first-order valence-electron chi connectivity index (χ1n) is 7.33. The van der Waals surface area contributed by atoms with Crippen molar-refractivity contribution in [2.45, 2.75) is 13.0 Å². The molecule has 2 amide bonds. The lowest BCUT2D eigenvalue weighted by molar-refractivity contribution is -0.384. The number of esters is 1. The van der Waals surface area contributed by atoms with Gasteiger partial charge in [0.1, 0.15) is 11.8 Å². The molecule has 3 rings (SSSR count). The van der Waals surface area contributed by atoms with Gasteiger partial charge in [-0.1, -0.05) is 12.1 Å². The summed E-state index contributed by atoms with van der Waals surface area (Å²) in [7, 11) is 0. The predicted molar refractivity (Wildman–Crippen MR) is 85.1 cm³/mol. The first-order chi connectivity index (χ1) is 11.9. The number of fused-ring (bicyclic) bond motifs is 1. The quantitative estimate of drug-likeness (QED) is 0.278. The number of ether oxygens (including phenoxy) is 1. The van der Waals surface area contributed by atoms with Gasteiger partial charge in [-0.2, -0.15) is 0 Å². The second kappa shape index (κ2) is 6.16. The zero-order chi connectivity index (χ0) is 18.1. The van der Waals surface area contributed by atoms with Crippen LogP contribution in [0.1, 0.15) is 27.6 Å². The number of amides is 2. The van der Waals surface area contributed by atoms with Gasteiger partial charge in [0.05, 0.1) is 16.1 Å². The molecule has 2 aromatic rings. The van der Waals surface area contributed by atoms with E-state index in [1.54, 1.807) is 12.1 Å². The molecule has 0 unspecified atom stereocenters. The molecule has 126 valence electrons. The molecular weight excluding hydrogens is 328 g/mol. The summed E-state index contributed by atoms with van der Waals surface area (Å²) >= 11 is 0. The maximum absolute atomic E-state index is 12.3. The summed E-state index contributed by atoms with van der Waals surface area (Å²) < 4.78 is 5.11. The van der Waals surface area contributed by atoms with Crippen LogP contribution in [-0.4, -0.2) is 33.6 Å². The summed E-state index contributed by atoms with van der Waals surface area (Å²) in [6.45, 7) is 1.38. The Kier molecular flexibility index (Phi) is 4.02. The molecule has 8 heteroatoms. The Morgan fingerprint density at radius 2 is 1.56 bits per heavy atom. The number of rotatable bonds is 4. The predicted octanol–water partition coefficient (Wildman–Crippen LogP) is 2.18. The standard InChI is InChI=1S/C17H12N2O6/c1-10(17(22)25-12-8-6-11(7-9-12)19(23)24)18-15(20)13-4-2-3-5-14(13)16(18)21/h2-10H,1H3/t10-/m0/s1. The van der Waals surface area contributed by atoms with E-state index in [-0.39, 0.29) is 22.6 Å². The van der Waals surface area contributed by atoms with E-state index in [9.17, 15) is 24.5 Å². The van der Waals surface area contributed by atoms with Crippen LogP contribution < -0.4 is 4.74 Å². The molecule has 0 saturated heterocycles. The van der Waals surface area contributed by atoms with Gasteiger partial charge in [-0.15, -0.1) is 0 Å². The molecule has 0 saturated carbocycles. The van der Waals surface area contributed by atoms with Crippen molar-refractivity contribution in [1.29, 1.82) is 0 Å². The SMILES string of the molecule is C[C@@H](C(=O)Oc1ccc([N+](=O)[O-])cc1)N1C(=O)c2ccccc2C1=O. The molecule has 1 heterocycles. The van der Waals surface area contributed by atoms with E-state index in [0.717, 1.165) is 4.90 Å². The summed E-state index contributed by atoms with van der Waals surface area (Å²) in [6, 6.07) is 10.1. The Hall–Kier alpha value is -3.55. The van der Waals surface area contributed by atoms with Crippen LogP contribution in [-0.2, 0) is 4.79 Å². The van der Waals surface area contributed by atoms with E-state index in [4.69, 9.17) is 4.74 Å². The first-order valence-corrected chi connectivity index (χ1v) is 7.33. The van der Waals surface area contributed by atoms with Crippen LogP contribution in [0.25, 0.3) is 0 Å². The van der Waals surface area contributed by atoms with Gasteiger partial charge in [-0.05, 0) is 31.2 Å². The second-order valence-corrected chi connectivity index (χ2v) is 5.37. The van der Waals surface area contributed by atoms with Crippen LogP contribution in [0.5, 0.6) is 5.75 Å². The fourth-order valence-corrected chi connectivity index (χ4v) is 2.50. The number of carbonyl (C=O) groups is 3. The highest BCUT2D eigenvalue weighted by molar-refractivity contribution is 6.22. The van der Waals surface area contributed by atoms with Crippen molar-refractivity contribution in [2.24, 2.45) is 0 Å². The number of hydrogen-bond acceptors (Lipinski definition) is 6. The minimum absolute atomic E-state index is 0.0825. The Labute approximate surface area is 141 Å². The van der Waals surface area contributed by atoms with E-state index in [2.05, 4.69) is 0 Å². The van der Waals surface area contributed by atoms with Crippen LogP contribution in [0.4, 0.5) is 5.69 Å². The van der Waals surface area contributed by atoms with Crippen molar-refractivity contribution in [2.75, 3.05) is 0 Å². The lowest BCUT2D eigenvalue weighted by Crippen LogP contribution is -2.44. The van der Waals surface area contributed by atoms with E-state index in [0.29, 0.717) is 0 Å². The molecule has 0 N–H and O–H groups in total. The van der Waals surface area contributed by atoms with Crippen molar-refractivity contribution >= 4 is 23.5 Å². The molecule has 1 atom stereocenters. The molecule has 0 radical (unpaired) electrons. The molecule has 2 aromatic carbocycles. The summed E-state index contributed by atoms with van der Waals surface area (Å²) in [5.74, 6) is -1.86. The summed E-state index contributed by atoms with van der Waals surface area (Å²) in [6.07, 6.45) is 0. The minimum Gasteiger partial charge on any atom is -0.425 e. The van der Waals surface area contributed by atoms with Crippen molar-refractivity contribution in [3.05, 3.63) is 69.8 Å². The second-order valence-electron chi connectivity index (χ2n) is 5.37. The van der Waals surface area contributed by atoms with Gasteiger partial charge < -0.3 is 4.74 Å². The van der Waals surface area contributed by atoms with E-state index >= 15 is 0 Å². The summed E-state index contributed by atoms with van der Waals surface area (Å²) in [4.78, 5) is 47.8. The van der Waals surface area contributed by atoms with Crippen LogP contribution >= 0.6 is 0 Å². The maximum atomic E-state index is 12.3. The third-order valence-electron chi connectivity index (χ3n) is 3.82. The van der Waals surface area contributed by atoms with Crippen molar-refractivity contribution in [1.82, 2.24) is 4.90 Å². The highest BCUT2D eigenvalue weighted by Gasteiger charge is 2.41. The first kappa shape index (κ1) is 16.3. The highest BCUT2D eigenvalue weighted by Crippen LogP contribution is 2.25. The Morgan fingerprint density at radius 1 is 1.04 bits per heavy atom. The van der Waals surface area contributed by atoms with E-state index in [1.165, 1.54) is 43.3 Å². The lowest BCUT2D eigenvalue weighted by atomic mass is 10.1. The number of imide groups is 1. The average Bonchev–Trinajstić information content (AvgIpc) is 2.86. The van der Waals surface area contributed by atoms with Gasteiger partial charge in [0.25, 0.3) is 17.5 Å². The molecule has 0 fully saturated rings. The maximum Gasteiger partial charge on any atom is 0.334 e. The normalized spacial score (nSPS) is 14.2. The fourth-order valence-electron chi connectivity index (χ4n) is 2.50. The lowest BCUT2D eigenvalue weighted by Gasteiger charge is -2.20. The Balaban J connectivity index is 1.76. The van der Waals surface area contributed by atoms with Crippen LogP contribution in [0.2, 0.25) is 0 Å². The number of carbonyl (C=O) groups excluding carboxylic acids is 3. The van der Waals surface area contributed by atoms with Gasteiger partial charge in [0.2, 0.25) is 0 Å². The van der Waals surface area contributed by atoms with E-state index < -0.39 is 28.7 Å². The summed E-state index contributed by atoms with van der Waals surface area (Å²) in [5.41, 5.74) is 0.332. The number of benzene rings is 2. The molecule has 25 heavy (non-hydrogen) atoms. The highest BCUT2D eigenvalue weighted by atomic mass is 16.6. The third-order valence-corrected chi connectivity index (χ3v) is 3.82. The number of nitro groups is 1. The molecule has 8 nitrogen and oxygen atoms in total. The molecule has 0 bridgehead atoms. The van der Waals surface area contributed by atoms with Crippen LogP contribution in [0.3, 0.4) is 0 Å². The molecule has 0 aliphatic carbocycles. The van der Waals surface area contributed by atoms with Crippen molar-refractivity contribution in [3.8, 4) is 5.75 Å². The third kappa shape index (κ3) is 2.85. The van der Waals surface area contributed by atoms with Crippen LogP contribution in [0.15, 0.2) is 48.5 Å². The van der Waals surface area contributed by atoms with Crippen LogP contribution in [0, 0.1) is 10.1 Å². The van der Waals surface area contributed by atoms with Gasteiger partial charge in [-0.3, -0.25) is 24.6 Å². The molecule has 1 aliphatic rings. The van der Waals surface area contributed by atoms with Crippen molar-refractivity contribution in [3.63, 3.8) is 0 Å². The largest absolute Gasteiger partial charge is 0.425 e. The molecular formula is C17H12N2O6. The average molecular weight is 340 g/mol. The molecule has 0 spiro atoms. The zero-order valence-electron chi connectivity index (χ0n) is 13.0. The smallest absolute Gasteiger partial charge is 0.334 e. The minimum atomic E-state index is -1.14. The number of non-ortho nitro benzene ring substituents is 1. The number of nitrogens with zero attached hydrogens (tertiary/aromatic N) is 2. The Morgan fingerprint density at radius 3 is 2.04 bits per heavy atom. The molecule has 1 aliphatic heterocycles.